The lowest BCUT2D eigenvalue weighted by atomic mass is 10.2. The highest BCUT2D eigenvalue weighted by Crippen LogP contribution is 2.31. The van der Waals surface area contributed by atoms with E-state index in [1.807, 2.05) is 12.1 Å². The Hall–Kier alpha value is -9.54. The Kier molecular flexibility index (Phi) is 6.90. The van der Waals surface area contributed by atoms with Crippen LogP contribution >= 0.6 is 0 Å². The molecule has 0 saturated heterocycles. The topological polar surface area (TPSA) is 298 Å². The highest BCUT2D eigenvalue weighted by Gasteiger charge is 2.26. The molecule has 228 valence electrons. The third-order valence-corrected chi connectivity index (χ3v) is 6.64. The van der Waals surface area contributed by atoms with Crippen LogP contribution in [0.2, 0.25) is 0 Å². The molecule has 2 aliphatic heterocycles. The van der Waals surface area contributed by atoms with Gasteiger partial charge in [0.1, 0.15) is 40.9 Å². The number of oxazole rings is 1. The van der Waals surface area contributed by atoms with E-state index >= 15 is 0 Å². The molecule has 5 aromatic rings. The molecule has 7 rings (SSSR count). The minimum atomic E-state index is -0.411. The van der Waals surface area contributed by atoms with Crippen molar-refractivity contribution in [1.82, 2.24) is 39.9 Å². The summed E-state index contributed by atoms with van der Waals surface area (Å²) in [6.45, 7) is 22.6. The molecule has 2 aliphatic rings. The highest BCUT2D eigenvalue weighted by molar-refractivity contribution is 5.84. The van der Waals surface area contributed by atoms with E-state index in [1.165, 1.54) is 12.1 Å². The molecule has 0 spiro atoms. The molecule has 0 aliphatic carbocycles. The Labute approximate surface area is 280 Å². The molecule has 21 nitrogen and oxygen atoms in total. The zero-order valence-corrected chi connectivity index (χ0v) is 24.5. The van der Waals surface area contributed by atoms with Crippen molar-refractivity contribution in [3.8, 4) is 42.1 Å². The summed E-state index contributed by atoms with van der Waals surface area (Å²) in [4.78, 5) is 59.9. The van der Waals surface area contributed by atoms with Crippen LogP contribution in [0.1, 0.15) is 34.3 Å². The lowest BCUT2D eigenvalue weighted by Crippen LogP contribution is -2.31. The molecular weight excluding hydrogens is 656 g/mol. The number of hydrogen-bond acceptors (Lipinski definition) is 18. The Balaban J connectivity index is 1.49. The van der Waals surface area contributed by atoms with Gasteiger partial charge in [-0.15, -0.1) is 0 Å². The molecule has 0 bridgehead atoms. The van der Waals surface area contributed by atoms with Gasteiger partial charge in [0.05, 0.1) is 24.8 Å². The second-order valence-corrected chi connectivity index (χ2v) is 9.49. The fourth-order valence-electron chi connectivity index (χ4n) is 4.43. The van der Waals surface area contributed by atoms with Gasteiger partial charge in [0.15, 0.2) is 40.4 Å². The van der Waals surface area contributed by atoms with Crippen molar-refractivity contribution in [2.45, 2.75) is 0 Å². The third-order valence-electron chi connectivity index (χ3n) is 6.64. The second kappa shape index (κ2) is 11.7. The summed E-state index contributed by atoms with van der Waals surface area (Å²) in [6, 6.07) is 11.6. The van der Waals surface area contributed by atoms with Crippen LogP contribution < -0.4 is 22.0 Å². The van der Waals surface area contributed by atoms with Crippen LogP contribution in [0.3, 0.4) is 0 Å². The average Bonchev–Trinajstić information content (AvgIpc) is 3.89. The van der Waals surface area contributed by atoms with Gasteiger partial charge in [0.2, 0.25) is 28.0 Å². The van der Waals surface area contributed by atoms with Gasteiger partial charge >= 0.3 is 5.82 Å². The molecule has 0 unspecified atom stereocenters. The number of nitrogens with zero attached hydrogens (tertiary/aromatic N) is 20. The minimum absolute atomic E-state index is 0.00113. The maximum atomic E-state index is 10.3. The zero-order valence-electron chi connectivity index (χ0n) is 24.5. The van der Waals surface area contributed by atoms with Crippen molar-refractivity contribution in [3.05, 3.63) is 114 Å². The molecule has 0 saturated carbocycles. The number of hydrogen-bond donors (Lipinski definition) is 0. The first-order valence-electron chi connectivity index (χ1n) is 13.4. The van der Waals surface area contributed by atoms with Gasteiger partial charge in [-0.05, 0) is 12.1 Å². The molecule has 0 amide bonds. The predicted octanol–water partition coefficient (Wildman–Crippen LogP) is 0.492. The standard InChI is InChI=1S/C30H2N20O/c1-36-13-5-18-14(4-11(13)6-31)42-30(51-18)29-46-20(12(7-32)21-44-25-26(45-21)40-16(9-34)15(8-33)39-25)43-23(50-29)19(37-2)24-48-27-28(49-24)47-22(38-3)17(10-35)41-27/h4-5H/b24-19-. The van der Waals surface area contributed by atoms with Gasteiger partial charge < -0.3 is 9.26 Å². The van der Waals surface area contributed by atoms with Crippen molar-refractivity contribution in [1.29, 1.82) is 26.3 Å². The number of nitriles is 5. The van der Waals surface area contributed by atoms with E-state index in [0.29, 0.717) is 0 Å². The van der Waals surface area contributed by atoms with Crippen molar-refractivity contribution < 1.29 is 4.42 Å². The number of rotatable bonds is 3. The van der Waals surface area contributed by atoms with E-state index in [1.54, 1.807) is 18.2 Å². The molecule has 0 fully saturated rings. The molecule has 51 heavy (non-hydrogen) atoms. The molecule has 0 atom stereocenters. The summed E-state index contributed by atoms with van der Waals surface area (Å²) in [7, 11) is 0. The van der Waals surface area contributed by atoms with E-state index in [-0.39, 0.29) is 90.6 Å². The van der Waals surface area contributed by atoms with E-state index in [4.69, 9.17) is 24.1 Å². The van der Waals surface area contributed by atoms with E-state index in [2.05, 4.69) is 74.4 Å². The monoisotopic (exact) mass is 658 g/mol. The third kappa shape index (κ3) is 4.90. The van der Waals surface area contributed by atoms with Gasteiger partial charge in [-0.2, -0.15) is 31.3 Å². The van der Waals surface area contributed by atoms with Crippen LogP contribution in [-0.2, 0) is 0 Å². The fourth-order valence-corrected chi connectivity index (χ4v) is 4.43. The van der Waals surface area contributed by atoms with Crippen molar-refractivity contribution in [2.75, 3.05) is 0 Å². The summed E-state index contributed by atoms with van der Waals surface area (Å²) in [5.74, 6) is -2.36. The smallest absolute Gasteiger partial charge is 0.308 e. The second-order valence-electron chi connectivity index (χ2n) is 9.49. The van der Waals surface area contributed by atoms with E-state index in [0.717, 1.165) is 0 Å². The molecule has 21 heteroatoms. The molecule has 6 heterocycles. The SMILES string of the molecule is [C-]#[N+]/C(=C1/N=c2nc(C#N)c([N+]#[C-])nc2=N1)c1nc(C(C#N)=C2N=c3nc(C#N)c(C#N)nc3=N2)nc(-c2nc3cc(C#N)c([N+]#[C-])cc3o2)n1. The fraction of sp³-hybridized carbons (Fsp3) is 0. The van der Waals surface area contributed by atoms with E-state index in [9.17, 15) is 26.3 Å². The zero-order chi connectivity index (χ0) is 35.8. The minimum Gasteiger partial charge on any atom is -0.435 e. The van der Waals surface area contributed by atoms with Crippen LogP contribution in [-0.4, -0.2) is 39.9 Å². The highest BCUT2D eigenvalue weighted by atomic mass is 16.3. The van der Waals surface area contributed by atoms with Crippen LogP contribution in [0.15, 0.2) is 48.2 Å². The van der Waals surface area contributed by atoms with Gasteiger partial charge in [0, 0.05) is 0 Å². The lowest BCUT2D eigenvalue weighted by Gasteiger charge is -2.05. The predicted molar refractivity (Wildman–Crippen MR) is 159 cm³/mol. The lowest BCUT2D eigenvalue weighted by molar-refractivity contribution is 0.611. The van der Waals surface area contributed by atoms with E-state index < -0.39 is 22.9 Å². The van der Waals surface area contributed by atoms with Crippen LogP contribution in [0, 0.1) is 76.4 Å². The average molecular weight is 658 g/mol. The number of aromatic nitrogens is 8. The maximum Gasteiger partial charge on any atom is 0.308 e. The van der Waals surface area contributed by atoms with Crippen LogP contribution in [0.5, 0.6) is 0 Å². The van der Waals surface area contributed by atoms with Crippen LogP contribution in [0.4, 0.5) is 11.5 Å². The summed E-state index contributed by atoms with van der Waals surface area (Å²) < 4.78 is 5.82. The summed E-state index contributed by atoms with van der Waals surface area (Å²) >= 11 is 0. The first-order valence-corrected chi connectivity index (χ1v) is 13.4. The maximum absolute atomic E-state index is 10.3. The normalized spacial score (nSPS) is 12.6. The van der Waals surface area contributed by atoms with Gasteiger partial charge in [-0.3, -0.25) is 0 Å². The quantitative estimate of drug-likeness (QED) is 0.188. The largest absolute Gasteiger partial charge is 0.435 e. The van der Waals surface area contributed by atoms with Crippen molar-refractivity contribution >= 4 is 33.9 Å². The van der Waals surface area contributed by atoms with Crippen molar-refractivity contribution in [3.63, 3.8) is 0 Å². The van der Waals surface area contributed by atoms with Gasteiger partial charge in [-0.1, -0.05) is 11.6 Å². The molecular formula is C30H2N20O. The Bertz CT molecular complexity index is 2870. The first-order chi connectivity index (χ1) is 24.8. The van der Waals surface area contributed by atoms with Crippen LogP contribution in [0.25, 0.3) is 48.6 Å². The molecule has 4 aromatic heterocycles. The Morgan fingerprint density at radius 3 is 1.80 bits per heavy atom. The molecule has 0 radical (unpaired) electrons. The first kappa shape index (κ1) is 30.1. The van der Waals surface area contributed by atoms with Crippen molar-refractivity contribution in [2.24, 2.45) is 20.0 Å². The Morgan fingerprint density at radius 2 is 1.24 bits per heavy atom. The van der Waals surface area contributed by atoms with Gasteiger partial charge in [0.25, 0.3) is 17.1 Å². The summed E-state index contributed by atoms with van der Waals surface area (Å²) in [6.07, 6.45) is 0. The summed E-state index contributed by atoms with van der Waals surface area (Å²) in [5, 5.41) is 47.8. The number of benzene rings is 1. The number of fused-ring (bicyclic) bond motifs is 3. The number of allylic oxidation sites excluding steroid dienone is 1. The molecule has 0 N–H and O–H groups in total. The van der Waals surface area contributed by atoms with Gasteiger partial charge in [-0.25, -0.2) is 59.6 Å². The summed E-state index contributed by atoms with van der Waals surface area (Å²) in [5.41, 5.74) is -2.08. The molecule has 1 aromatic carbocycles. The Morgan fingerprint density at radius 1 is 0.627 bits per heavy atom.